The molecule has 2 nitrogen and oxygen atoms in total. The van der Waals surface area contributed by atoms with Gasteiger partial charge in [0, 0.05) is 11.3 Å². The number of rotatable bonds is 3. The molecule has 0 saturated heterocycles. The van der Waals surface area contributed by atoms with Gasteiger partial charge in [0.1, 0.15) is 6.54 Å². The molecular formula is C10H10F3NO. The summed E-state index contributed by atoms with van der Waals surface area (Å²) in [5.41, 5.74) is 0.824. The van der Waals surface area contributed by atoms with E-state index in [1.807, 2.05) is 0 Å². The Hall–Kier alpha value is -1.52. The van der Waals surface area contributed by atoms with Crippen LogP contribution in [0.25, 0.3) is 0 Å². The molecule has 82 valence electrons. The predicted molar refractivity (Wildman–Crippen MR) is 51.0 cm³/mol. The van der Waals surface area contributed by atoms with Crippen molar-refractivity contribution in [3.05, 3.63) is 29.8 Å². The van der Waals surface area contributed by atoms with Gasteiger partial charge in [-0.3, -0.25) is 4.79 Å². The summed E-state index contributed by atoms with van der Waals surface area (Å²) in [5, 5.41) is 2.21. The molecule has 0 spiro atoms. The van der Waals surface area contributed by atoms with Gasteiger partial charge >= 0.3 is 6.18 Å². The van der Waals surface area contributed by atoms with Crippen LogP contribution in [0.4, 0.5) is 18.9 Å². The fourth-order valence-corrected chi connectivity index (χ4v) is 1.03. The molecular weight excluding hydrogens is 207 g/mol. The van der Waals surface area contributed by atoms with E-state index < -0.39 is 12.7 Å². The Labute approximate surface area is 85.1 Å². The van der Waals surface area contributed by atoms with Crippen molar-refractivity contribution < 1.29 is 18.0 Å². The highest BCUT2D eigenvalue weighted by Gasteiger charge is 2.26. The van der Waals surface area contributed by atoms with Gasteiger partial charge in [-0.15, -0.1) is 0 Å². The van der Waals surface area contributed by atoms with Crippen molar-refractivity contribution in [2.75, 3.05) is 11.9 Å². The van der Waals surface area contributed by atoms with Crippen molar-refractivity contribution in [1.29, 1.82) is 0 Å². The topological polar surface area (TPSA) is 29.1 Å². The van der Waals surface area contributed by atoms with E-state index in [2.05, 4.69) is 5.32 Å². The third-order valence-corrected chi connectivity index (χ3v) is 1.78. The minimum Gasteiger partial charge on any atom is -0.376 e. The van der Waals surface area contributed by atoms with Gasteiger partial charge in [0.15, 0.2) is 5.78 Å². The van der Waals surface area contributed by atoms with E-state index in [4.69, 9.17) is 0 Å². The first kappa shape index (κ1) is 11.6. The molecule has 0 aromatic heterocycles. The Morgan fingerprint density at radius 2 is 1.80 bits per heavy atom. The zero-order valence-corrected chi connectivity index (χ0v) is 8.06. The average molecular weight is 217 g/mol. The minimum absolute atomic E-state index is 0.114. The maximum Gasteiger partial charge on any atom is 0.405 e. The van der Waals surface area contributed by atoms with Gasteiger partial charge in [-0.2, -0.15) is 13.2 Å². The first-order chi connectivity index (χ1) is 6.88. The Balaban J connectivity index is 2.61. The van der Waals surface area contributed by atoms with Crippen LogP contribution in [0.15, 0.2) is 24.3 Å². The Bertz CT molecular complexity index is 343. The monoisotopic (exact) mass is 217 g/mol. The maximum atomic E-state index is 11.8. The second-order valence-electron chi connectivity index (χ2n) is 3.10. The number of anilines is 1. The normalized spacial score (nSPS) is 11.2. The molecule has 1 aromatic carbocycles. The quantitative estimate of drug-likeness (QED) is 0.789. The van der Waals surface area contributed by atoms with E-state index in [0.29, 0.717) is 11.3 Å². The highest BCUT2D eigenvalue weighted by molar-refractivity contribution is 5.94. The predicted octanol–water partition coefficient (Wildman–Crippen LogP) is 2.86. The number of Topliss-reactive ketones (excluding diaryl/α,β-unsaturated/α-hetero) is 1. The van der Waals surface area contributed by atoms with Gasteiger partial charge in [-0.05, 0) is 31.2 Å². The summed E-state index contributed by atoms with van der Waals surface area (Å²) >= 11 is 0. The highest BCUT2D eigenvalue weighted by atomic mass is 19.4. The van der Waals surface area contributed by atoms with Crippen LogP contribution in [-0.2, 0) is 0 Å². The number of nitrogens with one attached hydrogen (secondary N) is 1. The fraction of sp³-hybridized carbons (Fsp3) is 0.300. The van der Waals surface area contributed by atoms with Gasteiger partial charge in [0.05, 0.1) is 0 Å². The molecule has 15 heavy (non-hydrogen) atoms. The summed E-state index contributed by atoms with van der Waals surface area (Å²) in [6.45, 7) is 0.324. The Morgan fingerprint density at radius 3 is 2.20 bits per heavy atom. The molecule has 5 heteroatoms. The number of benzene rings is 1. The summed E-state index contributed by atoms with van der Waals surface area (Å²) in [6.07, 6.45) is -4.24. The molecule has 0 aliphatic carbocycles. The minimum atomic E-state index is -4.24. The second kappa shape index (κ2) is 4.33. The molecule has 0 aliphatic heterocycles. The molecule has 0 atom stereocenters. The smallest absolute Gasteiger partial charge is 0.376 e. The summed E-state index contributed by atoms with van der Waals surface area (Å²) < 4.78 is 35.5. The number of hydrogen-bond donors (Lipinski definition) is 1. The lowest BCUT2D eigenvalue weighted by Gasteiger charge is -2.09. The van der Waals surface area contributed by atoms with E-state index in [-0.39, 0.29) is 5.78 Å². The number of hydrogen-bond acceptors (Lipinski definition) is 2. The lowest BCUT2D eigenvalue weighted by Crippen LogP contribution is -2.21. The first-order valence-electron chi connectivity index (χ1n) is 4.30. The van der Waals surface area contributed by atoms with E-state index in [1.54, 1.807) is 0 Å². The third-order valence-electron chi connectivity index (χ3n) is 1.78. The molecule has 0 bridgehead atoms. The van der Waals surface area contributed by atoms with E-state index in [9.17, 15) is 18.0 Å². The lowest BCUT2D eigenvalue weighted by atomic mass is 10.1. The third kappa shape index (κ3) is 4.01. The van der Waals surface area contributed by atoms with Crippen LogP contribution >= 0.6 is 0 Å². The molecule has 0 unspecified atom stereocenters. The summed E-state index contributed by atoms with van der Waals surface area (Å²) in [4.78, 5) is 10.9. The zero-order valence-electron chi connectivity index (χ0n) is 8.06. The highest BCUT2D eigenvalue weighted by Crippen LogP contribution is 2.16. The van der Waals surface area contributed by atoms with E-state index >= 15 is 0 Å². The molecule has 1 rings (SSSR count). The van der Waals surface area contributed by atoms with Gasteiger partial charge in [-0.25, -0.2) is 0 Å². The van der Waals surface area contributed by atoms with Crippen LogP contribution in [-0.4, -0.2) is 18.5 Å². The van der Waals surface area contributed by atoms with Gasteiger partial charge < -0.3 is 5.32 Å². The fourth-order valence-electron chi connectivity index (χ4n) is 1.03. The molecule has 1 aromatic rings. The van der Waals surface area contributed by atoms with Gasteiger partial charge in [0.2, 0.25) is 0 Å². The Morgan fingerprint density at radius 1 is 1.27 bits per heavy atom. The first-order valence-corrected chi connectivity index (χ1v) is 4.30. The molecule has 1 N–H and O–H groups in total. The molecule has 0 saturated carbocycles. The molecule has 0 aliphatic rings. The van der Waals surface area contributed by atoms with Crippen molar-refractivity contribution in [3.8, 4) is 0 Å². The molecule has 0 fully saturated rings. The summed E-state index contributed by atoms with van der Waals surface area (Å²) in [5.74, 6) is -0.114. The Kier molecular flexibility index (Phi) is 3.34. The van der Waals surface area contributed by atoms with Crippen molar-refractivity contribution in [2.24, 2.45) is 0 Å². The number of carbonyl (C=O) groups is 1. The maximum absolute atomic E-state index is 11.8. The summed E-state index contributed by atoms with van der Waals surface area (Å²) in [6, 6.07) is 5.87. The van der Waals surface area contributed by atoms with Crippen molar-refractivity contribution >= 4 is 11.5 Å². The van der Waals surface area contributed by atoms with Gasteiger partial charge in [-0.1, -0.05) is 0 Å². The lowest BCUT2D eigenvalue weighted by molar-refractivity contribution is -0.115. The molecule has 0 amide bonds. The van der Waals surface area contributed by atoms with Crippen LogP contribution in [0.1, 0.15) is 17.3 Å². The van der Waals surface area contributed by atoms with Crippen LogP contribution < -0.4 is 5.32 Å². The van der Waals surface area contributed by atoms with Crippen molar-refractivity contribution in [3.63, 3.8) is 0 Å². The summed E-state index contributed by atoms with van der Waals surface area (Å²) in [7, 11) is 0. The van der Waals surface area contributed by atoms with Crippen LogP contribution in [0, 0.1) is 0 Å². The number of halogens is 3. The average Bonchev–Trinajstić information content (AvgIpc) is 2.14. The van der Waals surface area contributed by atoms with Crippen LogP contribution in [0.2, 0.25) is 0 Å². The number of carbonyl (C=O) groups excluding carboxylic acids is 1. The van der Waals surface area contributed by atoms with Gasteiger partial charge in [0.25, 0.3) is 0 Å². The molecule has 0 radical (unpaired) electrons. The standard InChI is InChI=1S/C10H10F3NO/c1-7(15)8-2-4-9(5-3-8)14-6-10(11,12)13/h2-5,14H,6H2,1H3. The largest absolute Gasteiger partial charge is 0.405 e. The van der Waals surface area contributed by atoms with Crippen LogP contribution in [0.5, 0.6) is 0 Å². The van der Waals surface area contributed by atoms with E-state index in [1.165, 1.54) is 31.2 Å². The number of ketones is 1. The SMILES string of the molecule is CC(=O)c1ccc(NCC(F)(F)F)cc1. The van der Waals surface area contributed by atoms with E-state index in [0.717, 1.165) is 0 Å². The number of alkyl halides is 3. The van der Waals surface area contributed by atoms with Crippen molar-refractivity contribution in [1.82, 2.24) is 0 Å². The zero-order chi connectivity index (χ0) is 11.5. The van der Waals surface area contributed by atoms with Crippen LogP contribution in [0.3, 0.4) is 0 Å². The van der Waals surface area contributed by atoms with Crippen molar-refractivity contribution in [2.45, 2.75) is 13.1 Å². The second-order valence-corrected chi connectivity index (χ2v) is 3.10. The molecule has 0 heterocycles.